The third kappa shape index (κ3) is 4.96. The van der Waals surface area contributed by atoms with Crippen LogP contribution in [-0.2, 0) is 11.8 Å². The number of nitrogens with two attached hydrogens (primary N) is 1. The molecule has 2 aromatic heterocycles. The molecule has 11 heteroatoms. The summed E-state index contributed by atoms with van der Waals surface area (Å²) in [6.45, 7) is 1.30. The number of aromatic hydroxyl groups is 1. The Labute approximate surface area is 234 Å². The smallest absolute Gasteiger partial charge is 0.332 e. The van der Waals surface area contributed by atoms with Crippen LogP contribution >= 0.6 is 11.6 Å². The molecule has 2 aliphatic rings. The highest BCUT2D eigenvalue weighted by Gasteiger charge is 2.30. The lowest BCUT2D eigenvalue weighted by atomic mass is 9.97. The second-order valence-electron chi connectivity index (χ2n) is 10.4. The van der Waals surface area contributed by atoms with Gasteiger partial charge in [-0.05, 0) is 66.8 Å². The first-order valence-electron chi connectivity index (χ1n) is 13.1. The topological polar surface area (TPSA) is 118 Å². The van der Waals surface area contributed by atoms with E-state index in [9.17, 15) is 14.7 Å². The molecule has 2 fully saturated rings. The van der Waals surface area contributed by atoms with Crippen molar-refractivity contribution in [3.63, 3.8) is 0 Å². The maximum atomic E-state index is 15.1. The summed E-state index contributed by atoms with van der Waals surface area (Å²) in [5, 5.41) is 14.5. The van der Waals surface area contributed by atoms with Crippen molar-refractivity contribution < 1.29 is 14.3 Å². The van der Waals surface area contributed by atoms with Crippen LogP contribution in [0, 0.1) is 11.7 Å². The van der Waals surface area contributed by atoms with Crippen molar-refractivity contribution >= 4 is 29.1 Å². The quantitative estimate of drug-likeness (QED) is 0.323. The van der Waals surface area contributed by atoms with E-state index in [2.05, 4.69) is 10.3 Å². The van der Waals surface area contributed by atoms with Crippen LogP contribution in [0.25, 0.3) is 27.9 Å². The van der Waals surface area contributed by atoms with Crippen LogP contribution < -0.4 is 21.6 Å². The number of nitrogens with zero attached hydrogens (tertiary/aromatic N) is 4. The van der Waals surface area contributed by atoms with Crippen LogP contribution in [0.5, 0.6) is 5.75 Å². The minimum atomic E-state index is -0.563. The van der Waals surface area contributed by atoms with Gasteiger partial charge in [0, 0.05) is 55.6 Å². The predicted molar refractivity (Wildman–Crippen MR) is 152 cm³/mol. The molecule has 2 aromatic carbocycles. The van der Waals surface area contributed by atoms with Gasteiger partial charge in [-0.25, -0.2) is 14.2 Å². The van der Waals surface area contributed by atoms with E-state index in [1.165, 1.54) is 21.3 Å². The number of phenolic OH excluding ortho intramolecular Hbond substituents is 1. The molecule has 0 radical (unpaired) electrons. The Hall–Kier alpha value is -4.15. The van der Waals surface area contributed by atoms with Gasteiger partial charge in [-0.1, -0.05) is 17.7 Å². The zero-order chi connectivity index (χ0) is 28.1. The van der Waals surface area contributed by atoms with Gasteiger partial charge in [0.2, 0.25) is 5.91 Å². The number of carbonyl (C=O) groups is 1. The summed E-state index contributed by atoms with van der Waals surface area (Å²) in [7, 11) is 1.64. The molecular formula is C29H28ClFN6O3. The van der Waals surface area contributed by atoms with Gasteiger partial charge in [0.1, 0.15) is 23.2 Å². The molecule has 1 atom stereocenters. The van der Waals surface area contributed by atoms with Crippen LogP contribution in [0.2, 0.25) is 5.02 Å². The number of anilines is 2. The van der Waals surface area contributed by atoms with Crippen LogP contribution in [0.15, 0.2) is 59.7 Å². The van der Waals surface area contributed by atoms with E-state index < -0.39 is 5.82 Å². The lowest BCUT2D eigenvalue weighted by molar-refractivity contribution is -0.117. The van der Waals surface area contributed by atoms with Crippen LogP contribution in [-0.4, -0.2) is 44.3 Å². The summed E-state index contributed by atoms with van der Waals surface area (Å²) in [6, 6.07) is 10.8. The molecule has 0 bridgehead atoms. The van der Waals surface area contributed by atoms with E-state index in [-0.39, 0.29) is 45.5 Å². The maximum Gasteiger partial charge on any atom is 0.332 e. The van der Waals surface area contributed by atoms with E-state index in [0.29, 0.717) is 41.5 Å². The minimum absolute atomic E-state index is 0.00333. The number of aromatic nitrogens is 3. The van der Waals surface area contributed by atoms with Gasteiger partial charge in [-0.3, -0.25) is 9.36 Å². The molecule has 0 spiro atoms. The average Bonchev–Trinajstić information content (AvgIpc) is 3.62. The highest BCUT2D eigenvalue weighted by molar-refractivity contribution is 6.32. The maximum absolute atomic E-state index is 15.1. The van der Waals surface area contributed by atoms with Crippen LogP contribution in [0.4, 0.5) is 16.0 Å². The molecular weight excluding hydrogens is 535 g/mol. The largest absolute Gasteiger partial charge is 0.507 e. The third-order valence-corrected chi connectivity index (χ3v) is 7.71. The Bertz CT molecular complexity index is 1700. The fourth-order valence-corrected chi connectivity index (χ4v) is 5.29. The van der Waals surface area contributed by atoms with E-state index in [0.717, 1.165) is 19.3 Å². The van der Waals surface area contributed by atoms with Crippen molar-refractivity contribution in [1.29, 1.82) is 0 Å². The van der Waals surface area contributed by atoms with Crippen molar-refractivity contribution in [2.24, 2.45) is 18.7 Å². The Morgan fingerprint density at radius 2 is 1.85 bits per heavy atom. The molecule has 4 aromatic rings. The van der Waals surface area contributed by atoms with Gasteiger partial charge in [-0.15, -0.1) is 0 Å². The van der Waals surface area contributed by atoms with Gasteiger partial charge < -0.3 is 25.6 Å². The molecule has 1 aliphatic heterocycles. The van der Waals surface area contributed by atoms with Crippen molar-refractivity contribution in [2.75, 3.05) is 23.3 Å². The predicted octanol–water partition coefficient (Wildman–Crippen LogP) is 4.29. The standard InChI is InChI=1S/C29H28ClFN6O3/c1-35-8-9-37(29(35)40)24-5-4-17(10-23(24)30)21-13-19(31)14-22(27(21)38)18-11-25(34-28(39)16-2-3-16)33-26(12-18)36-7-6-20(32)15-36/h4-5,8-14,16,20,38H,2-3,6-7,15,32H2,1H3,(H,33,34,39). The number of nitrogens with one attached hydrogen (secondary N) is 1. The Balaban J connectivity index is 1.42. The van der Waals surface area contributed by atoms with Gasteiger partial charge in [0.15, 0.2) is 0 Å². The second kappa shape index (κ2) is 10.1. The van der Waals surface area contributed by atoms with Gasteiger partial charge in [-0.2, -0.15) is 0 Å². The van der Waals surface area contributed by atoms with Crippen molar-refractivity contribution in [1.82, 2.24) is 14.1 Å². The molecule has 9 nitrogen and oxygen atoms in total. The fourth-order valence-electron chi connectivity index (χ4n) is 5.02. The van der Waals surface area contributed by atoms with Crippen molar-refractivity contribution in [3.05, 3.63) is 76.2 Å². The Kier molecular flexibility index (Phi) is 6.59. The van der Waals surface area contributed by atoms with Gasteiger partial charge >= 0.3 is 5.69 Å². The average molecular weight is 563 g/mol. The lowest BCUT2D eigenvalue weighted by Crippen LogP contribution is -2.27. The number of halogens is 2. The second-order valence-corrected chi connectivity index (χ2v) is 10.8. The molecule has 1 unspecified atom stereocenters. The summed E-state index contributed by atoms with van der Waals surface area (Å²) < 4.78 is 17.9. The van der Waals surface area contributed by atoms with Crippen LogP contribution in [0.3, 0.4) is 0 Å². The zero-order valence-electron chi connectivity index (χ0n) is 21.8. The van der Waals surface area contributed by atoms with E-state index >= 15 is 4.39 Å². The number of aryl methyl sites for hydroxylation is 1. The Morgan fingerprint density at radius 3 is 2.48 bits per heavy atom. The number of pyridine rings is 1. The molecule has 3 heterocycles. The van der Waals surface area contributed by atoms with Gasteiger partial charge in [0.05, 0.1) is 10.7 Å². The Morgan fingerprint density at radius 1 is 1.10 bits per heavy atom. The molecule has 4 N–H and O–H groups in total. The van der Waals surface area contributed by atoms with Crippen molar-refractivity contribution in [3.8, 4) is 33.7 Å². The van der Waals surface area contributed by atoms with Crippen LogP contribution in [0.1, 0.15) is 19.3 Å². The molecule has 1 aliphatic carbocycles. The summed E-state index contributed by atoms with van der Waals surface area (Å²) in [5.41, 5.74) is 7.75. The first kappa shape index (κ1) is 26.1. The molecule has 40 heavy (non-hydrogen) atoms. The zero-order valence-corrected chi connectivity index (χ0v) is 22.5. The van der Waals surface area contributed by atoms with Gasteiger partial charge in [0.25, 0.3) is 0 Å². The lowest BCUT2D eigenvalue weighted by Gasteiger charge is -2.20. The molecule has 1 saturated heterocycles. The monoisotopic (exact) mass is 562 g/mol. The van der Waals surface area contributed by atoms with E-state index in [1.54, 1.807) is 49.8 Å². The van der Waals surface area contributed by atoms with E-state index in [1.807, 2.05) is 4.90 Å². The number of amides is 1. The molecule has 206 valence electrons. The number of carbonyl (C=O) groups excluding carboxylic acids is 1. The number of benzene rings is 2. The number of imidazole rings is 1. The first-order chi connectivity index (χ1) is 19.2. The number of phenols is 1. The number of hydrogen-bond donors (Lipinski definition) is 3. The fraction of sp³-hybridized carbons (Fsp3) is 0.276. The summed E-state index contributed by atoms with van der Waals surface area (Å²) in [5.74, 6) is 0.0652. The number of rotatable bonds is 6. The third-order valence-electron chi connectivity index (χ3n) is 7.41. The summed E-state index contributed by atoms with van der Waals surface area (Å²) >= 11 is 6.54. The SMILES string of the molecule is Cn1ccn(-c2ccc(-c3cc(F)cc(-c4cc(NC(=O)C5CC5)nc(N5CCC(N)C5)c4)c3O)cc2Cl)c1=O. The highest BCUT2D eigenvalue weighted by atomic mass is 35.5. The molecule has 6 rings (SSSR count). The summed E-state index contributed by atoms with van der Waals surface area (Å²) in [6.07, 6.45) is 5.71. The van der Waals surface area contributed by atoms with E-state index in [4.69, 9.17) is 17.3 Å². The minimum Gasteiger partial charge on any atom is -0.507 e. The van der Waals surface area contributed by atoms with Crippen molar-refractivity contribution in [2.45, 2.75) is 25.3 Å². The summed E-state index contributed by atoms with van der Waals surface area (Å²) in [4.78, 5) is 31.6. The normalized spacial score (nSPS) is 16.9. The molecule has 1 amide bonds. The highest BCUT2D eigenvalue weighted by Crippen LogP contribution is 2.42. The number of hydrogen-bond acceptors (Lipinski definition) is 6. The molecule has 1 saturated carbocycles. The first-order valence-corrected chi connectivity index (χ1v) is 13.5.